The summed E-state index contributed by atoms with van der Waals surface area (Å²) in [7, 11) is 1.74. The van der Waals surface area contributed by atoms with Crippen molar-refractivity contribution < 1.29 is 8.42 Å². The van der Waals surface area contributed by atoms with Gasteiger partial charge in [-0.25, -0.2) is 8.42 Å². The first-order valence-corrected chi connectivity index (χ1v) is 5.66. The minimum Gasteiger partial charge on any atom is -0.212 e. The second-order valence-corrected chi connectivity index (χ2v) is 5.40. The predicted molar refractivity (Wildman–Crippen MR) is 46.1 cm³/mol. The van der Waals surface area contributed by atoms with E-state index in [0.717, 1.165) is 5.57 Å². The molecule has 1 unspecified atom stereocenters. The minimum atomic E-state index is -3.41. The van der Waals surface area contributed by atoms with Gasteiger partial charge in [-0.05, 0) is 13.3 Å². The number of hydrogen-bond donors (Lipinski definition) is 0. The quantitative estimate of drug-likeness (QED) is 0.594. The van der Waals surface area contributed by atoms with Gasteiger partial charge in [-0.15, -0.1) is 0 Å². The standard InChI is InChI=1S/C7H9ClO2S/c1-6-2-4-7(5-3-6)11(8,9)10/h2-4,7H,5H2,1H3. The summed E-state index contributed by atoms with van der Waals surface area (Å²) in [5, 5.41) is -0.534. The molecule has 62 valence electrons. The SMILES string of the molecule is CC1=CCC(S(=O)(=O)Cl)C=C1. The third kappa shape index (κ3) is 2.34. The number of hydrogen-bond acceptors (Lipinski definition) is 2. The van der Waals surface area contributed by atoms with Crippen molar-refractivity contribution in [3.63, 3.8) is 0 Å². The lowest BCUT2D eigenvalue weighted by molar-refractivity contribution is 0.602. The normalized spacial score (nSPS) is 24.9. The fourth-order valence-corrected chi connectivity index (χ4v) is 1.91. The highest BCUT2D eigenvalue weighted by molar-refractivity contribution is 8.14. The molecule has 11 heavy (non-hydrogen) atoms. The van der Waals surface area contributed by atoms with E-state index in [2.05, 4.69) is 0 Å². The molecular formula is C7H9ClO2S. The summed E-state index contributed by atoms with van der Waals surface area (Å²) in [6.07, 6.45) is 5.75. The molecule has 0 bridgehead atoms. The molecule has 1 aliphatic rings. The molecule has 0 heterocycles. The Balaban J connectivity index is 2.79. The first-order chi connectivity index (χ1) is 5.00. The molecule has 0 spiro atoms. The Morgan fingerprint density at radius 1 is 1.64 bits per heavy atom. The van der Waals surface area contributed by atoms with Crippen LogP contribution in [-0.2, 0) is 9.05 Å². The van der Waals surface area contributed by atoms with Crippen molar-refractivity contribution >= 4 is 19.7 Å². The second-order valence-electron chi connectivity index (χ2n) is 2.56. The van der Waals surface area contributed by atoms with Crippen LogP contribution in [0.2, 0.25) is 0 Å². The molecule has 0 radical (unpaired) electrons. The van der Waals surface area contributed by atoms with Gasteiger partial charge in [0.25, 0.3) is 0 Å². The Morgan fingerprint density at radius 2 is 2.27 bits per heavy atom. The summed E-state index contributed by atoms with van der Waals surface area (Å²) in [5.41, 5.74) is 1.08. The van der Waals surface area contributed by atoms with Crippen molar-refractivity contribution in [3.05, 3.63) is 23.8 Å². The van der Waals surface area contributed by atoms with Crippen molar-refractivity contribution in [2.45, 2.75) is 18.6 Å². The van der Waals surface area contributed by atoms with Crippen LogP contribution in [0.4, 0.5) is 0 Å². The lowest BCUT2D eigenvalue weighted by Gasteiger charge is -2.10. The highest BCUT2D eigenvalue weighted by Gasteiger charge is 2.20. The lowest BCUT2D eigenvalue weighted by Crippen LogP contribution is -2.14. The van der Waals surface area contributed by atoms with E-state index >= 15 is 0 Å². The molecule has 0 fully saturated rings. The summed E-state index contributed by atoms with van der Waals surface area (Å²) < 4.78 is 21.6. The van der Waals surface area contributed by atoms with Gasteiger partial charge in [-0.1, -0.05) is 23.8 Å². The van der Waals surface area contributed by atoms with E-state index in [9.17, 15) is 8.42 Å². The molecule has 0 aliphatic heterocycles. The monoisotopic (exact) mass is 192 g/mol. The maximum Gasteiger partial charge on any atom is 0.239 e. The molecule has 1 aliphatic carbocycles. The third-order valence-corrected chi connectivity index (χ3v) is 3.37. The van der Waals surface area contributed by atoms with Crippen LogP contribution in [0.25, 0.3) is 0 Å². The molecule has 0 aromatic rings. The molecule has 0 saturated carbocycles. The van der Waals surface area contributed by atoms with E-state index in [1.165, 1.54) is 0 Å². The summed E-state index contributed by atoms with van der Waals surface area (Å²) >= 11 is 0. The van der Waals surface area contributed by atoms with Crippen molar-refractivity contribution in [2.24, 2.45) is 0 Å². The van der Waals surface area contributed by atoms with E-state index < -0.39 is 14.3 Å². The van der Waals surface area contributed by atoms with Gasteiger partial charge in [0.1, 0.15) is 0 Å². The van der Waals surface area contributed by atoms with Crippen LogP contribution in [0.1, 0.15) is 13.3 Å². The fraction of sp³-hybridized carbons (Fsp3) is 0.429. The first kappa shape index (κ1) is 8.81. The van der Waals surface area contributed by atoms with Gasteiger partial charge in [0.05, 0.1) is 5.25 Å². The highest BCUT2D eigenvalue weighted by Crippen LogP contribution is 2.19. The van der Waals surface area contributed by atoms with Crippen molar-refractivity contribution in [1.82, 2.24) is 0 Å². The number of halogens is 1. The van der Waals surface area contributed by atoms with E-state index in [1.807, 2.05) is 13.0 Å². The Labute approximate surface area is 71.0 Å². The lowest BCUT2D eigenvalue weighted by atomic mass is 10.1. The smallest absolute Gasteiger partial charge is 0.212 e. The Bertz CT molecular complexity index is 300. The molecule has 0 aromatic heterocycles. The van der Waals surface area contributed by atoms with Gasteiger partial charge >= 0.3 is 0 Å². The maximum atomic E-state index is 10.8. The van der Waals surface area contributed by atoms with Crippen LogP contribution >= 0.6 is 10.7 Å². The number of rotatable bonds is 1. The first-order valence-electron chi connectivity index (χ1n) is 3.28. The molecule has 0 amide bonds. The maximum absolute atomic E-state index is 10.8. The van der Waals surface area contributed by atoms with E-state index in [0.29, 0.717) is 6.42 Å². The van der Waals surface area contributed by atoms with Gasteiger partial charge in [0.15, 0.2) is 0 Å². The van der Waals surface area contributed by atoms with E-state index in [4.69, 9.17) is 10.7 Å². The van der Waals surface area contributed by atoms with Gasteiger partial charge in [-0.3, -0.25) is 0 Å². The molecule has 0 aromatic carbocycles. The van der Waals surface area contributed by atoms with Gasteiger partial charge in [-0.2, -0.15) is 0 Å². The van der Waals surface area contributed by atoms with Crippen molar-refractivity contribution in [2.75, 3.05) is 0 Å². The third-order valence-electron chi connectivity index (χ3n) is 1.61. The second kappa shape index (κ2) is 2.99. The molecule has 2 nitrogen and oxygen atoms in total. The molecular weight excluding hydrogens is 184 g/mol. The van der Waals surface area contributed by atoms with Crippen molar-refractivity contribution in [3.8, 4) is 0 Å². The predicted octanol–water partition coefficient (Wildman–Crippen LogP) is 1.83. The van der Waals surface area contributed by atoms with E-state index in [-0.39, 0.29) is 0 Å². The molecule has 1 rings (SSSR count). The Kier molecular flexibility index (Phi) is 2.40. The average Bonchev–Trinajstić information content (AvgIpc) is 1.86. The molecule has 0 N–H and O–H groups in total. The Hall–Kier alpha value is -0.280. The van der Waals surface area contributed by atoms with Crippen molar-refractivity contribution in [1.29, 1.82) is 0 Å². The summed E-state index contributed by atoms with van der Waals surface area (Å²) in [6.45, 7) is 1.92. The largest absolute Gasteiger partial charge is 0.239 e. The van der Waals surface area contributed by atoms with Gasteiger partial charge in [0.2, 0.25) is 9.05 Å². The zero-order chi connectivity index (χ0) is 8.48. The van der Waals surface area contributed by atoms with Crippen LogP contribution in [0, 0.1) is 0 Å². The van der Waals surface area contributed by atoms with Crippen LogP contribution in [0.5, 0.6) is 0 Å². The van der Waals surface area contributed by atoms with Crippen LogP contribution in [0.3, 0.4) is 0 Å². The zero-order valence-corrected chi connectivity index (χ0v) is 7.69. The summed E-state index contributed by atoms with van der Waals surface area (Å²) in [5.74, 6) is 0. The molecule has 0 saturated heterocycles. The van der Waals surface area contributed by atoms with Crippen LogP contribution < -0.4 is 0 Å². The molecule has 1 atom stereocenters. The van der Waals surface area contributed by atoms with Crippen LogP contribution in [-0.4, -0.2) is 13.7 Å². The zero-order valence-electron chi connectivity index (χ0n) is 6.12. The summed E-state index contributed by atoms with van der Waals surface area (Å²) in [6, 6.07) is 0. The minimum absolute atomic E-state index is 0.494. The van der Waals surface area contributed by atoms with Gasteiger partial charge in [0, 0.05) is 10.7 Å². The van der Waals surface area contributed by atoms with Gasteiger partial charge < -0.3 is 0 Å². The topological polar surface area (TPSA) is 34.1 Å². The fourth-order valence-electron chi connectivity index (χ4n) is 0.917. The van der Waals surface area contributed by atoms with Crippen LogP contribution in [0.15, 0.2) is 23.8 Å². The summed E-state index contributed by atoms with van der Waals surface area (Å²) in [4.78, 5) is 0. The number of allylic oxidation sites excluding steroid dienone is 3. The average molecular weight is 193 g/mol. The Morgan fingerprint density at radius 3 is 2.64 bits per heavy atom. The van der Waals surface area contributed by atoms with E-state index in [1.54, 1.807) is 12.2 Å². The highest BCUT2D eigenvalue weighted by atomic mass is 35.7. The molecule has 4 heteroatoms.